The number of aliphatic hydroxyl groups excluding tert-OH is 1. The largest absolute Gasteiger partial charge is 0.394 e. The topological polar surface area (TPSA) is 97.0 Å². The molecule has 1 fully saturated rings. The van der Waals surface area contributed by atoms with Gasteiger partial charge < -0.3 is 25.2 Å². The Hall–Kier alpha value is -1.17. The lowest BCUT2D eigenvalue weighted by molar-refractivity contribution is -0.0409. The summed E-state index contributed by atoms with van der Waals surface area (Å²) in [7, 11) is 0. The number of ether oxygens (including phenoxy) is 2. The molecule has 1 aromatic rings. The monoisotopic (exact) mass is 419 g/mol. The van der Waals surface area contributed by atoms with E-state index in [1.165, 1.54) is 6.33 Å². The van der Waals surface area contributed by atoms with Gasteiger partial charge in [-0.25, -0.2) is 9.97 Å². The zero-order valence-corrected chi connectivity index (χ0v) is 14.1. The lowest BCUT2D eigenvalue weighted by Crippen LogP contribution is -2.37. The van der Waals surface area contributed by atoms with E-state index in [-0.39, 0.29) is 25.0 Å². The van der Waals surface area contributed by atoms with Crippen LogP contribution >= 0.6 is 22.9 Å². The van der Waals surface area contributed by atoms with Crippen LogP contribution in [0, 0.1) is 0 Å². The summed E-state index contributed by atoms with van der Waals surface area (Å²) < 4.78 is 13.6. The van der Waals surface area contributed by atoms with Crippen molar-refractivity contribution >= 4 is 40.2 Å². The molecule has 9 heteroatoms. The number of halogens is 1. The molecule has 8 nitrogen and oxygen atoms in total. The number of nitrogens with two attached hydrogens (primary N) is 1. The second-order valence-electron chi connectivity index (χ2n) is 5.11. The zero-order valence-electron chi connectivity index (χ0n) is 11.9. The average Bonchev–Trinajstić information content (AvgIpc) is 3.07. The van der Waals surface area contributed by atoms with Crippen molar-refractivity contribution in [2.45, 2.75) is 24.9 Å². The Kier molecular flexibility index (Phi) is 4.66. The van der Waals surface area contributed by atoms with Crippen molar-refractivity contribution in [2.24, 2.45) is 0 Å². The average molecular weight is 419 g/mol. The van der Waals surface area contributed by atoms with E-state index in [1.54, 1.807) is 6.08 Å². The first-order valence-electron chi connectivity index (χ1n) is 6.95. The maximum absolute atomic E-state index is 9.48. The van der Waals surface area contributed by atoms with Crippen LogP contribution < -0.4 is 13.7 Å². The van der Waals surface area contributed by atoms with Gasteiger partial charge in [-0.1, -0.05) is 6.08 Å². The van der Waals surface area contributed by atoms with E-state index in [0.29, 0.717) is 25.5 Å². The minimum atomic E-state index is -0.351. The number of aromatic nitrogens is 2. The number of fused-ring (bicyclic) bond motifs is 1. The van der Waals surface area contributed by atoms with E-state index < -0.39 is 0 Å². The maximum Gasteiger partial charge on any atom is 0.162 e. The number of nitrogens with zero attached hydrogens (tertiary/aromatic N) is 4. The first-order valence-corrected chi connectivity index (χ1v) is 7.91. The molecular formula is C13H18IN5O3. The van der Waals surface area contributed by atoms with E-state index in [2.05, 4.69) is 39.4 Å². The van der Waals surface area contributed by atoms with Gasteiger partial charge in [0.15, 0.2) is 11.6 Å². The molecule has 1 saturated heterocycles. The normalized spacial score (nSPS) is 27.3. The summed E-state index contributed by atoms with van der Waals surface area (Å²) in [6.45, 7) is 4.58. The number of anilines is 3. The number of nitrogen functional groups attached to an aromatic ring is 1. The van der Waals surface area contributed by atoms with Crippen LogP contribution in [-0.2, 0) is 9.47 Å². The Bertz CT molecular complexity index is 560. The Morgan fingerprint density at radius 3 is 3.14 bits per heavy atom. The Labute approximate surface area is 142 Å². The fraction of sp³-hybridized carbons (Fsp3) is 0.538. The van der Waals surface area contributed by atoms with Crippen LogP contribution in [0.4, 0.5) is 17.3 Å². The third-order valence-electron chi connectivity index (χ3n) is 3.76. The number of rotatable bonds is 5. The molecule has 0 aliphatic carbocycles. The third kappa shape index (κ3) is 2.73. The number of hydrogen-bond acceptors (Lipinski definition) is 8. The highest BCUT2D eigenvalue weighted by atomic mass is 127. The zero-order chi connectivity index (χ0) is 15.7. The van der Waals surface area contributed by atoms with Crippen molar-refractivity contribution in [1.29, 1.82) is 0 Å². The van der Waals surface area contributed by atoms with Crippen LogP contribution in [0.5, 0.6) is 0 Å². The second-order valence-corrected chi connectivity index (χ2v) is 6.28. The molecule has 3 rings (SSSR count). The SMILES string of the molecule is C=CCOC1C[C@H](N2CN(I)c3c(N)ncnc32)O[C@@H]1CO. The van der Waals surface area contributed by atoms with Gasteiger partial charge in [-0.3, -0.25) is 3.11 Å². The molecule has 3 atom stereocenters. The van der Waals surface area contributed by atoms with Gasteiger partial charge in [0.05, 0.1) is 42.2 Å². The molecule has 3 heterocycles. The number of aliphatic hydroxyl groups is 1. The molecule has 2 aliphatic heterocycles. The second kappa shape index (κ2) is 6.52. The molecule has 1 aromatic heterocycles. The summed E-state index contributed by atoms with van der Waals surface area (Å²) >= 11 is 2.18. The van der Waals surface area contributed by atoms with Crippen LogP contribution in [0.3, 0.4) is 0 Å². The third-order valence-corrected chi connectivity index (χ3v) is 4.55. The van der Waals surface area contributed by atoms with Crippen LogP contribution in [0.2, 0.25) is 0 Å². The van der Waals surface area contributed by atoms with Crippen LogP contribution in [-0.4, -0.2) is 53.4 Å². The van der Waals surface area contributed by atoms with Gasteiger partial charge in [-0.05, 0) is 0 Å². The molecule has 120 valence electrons. The van der Waals surface area contributed by atoms with Crippen molar-refractivity contribution in [3.8, 4) is 0 Å². The van der Waals surface area contributed by atoms with Crippen molar-refractivity contribution in [3.63, 3.8) is 0 Å². The smallest absolute Gasteiger partial charge is 0.162 e. The Balaban J connectivity index is 1.79. The van der Waals surface area contributed by atoms with Gasteiger partial charge in [0.2, 0.25) is 0 Å². The van der Waals surface area contributed by atoms with E-state index in [9.17, 15) is 5.11 Å². The van der Waals surface area contributed by atoms with Crippen molar-refractivity contribution < 1.29 is 14.6 Å². The van der Waals surface area contributed by atoms with E-state index in [4.69, 9.17) is 15.2 Å². The van der Waals surface area contributed by atoms with Crippen LogP contribution in [0.15, 0.2) is 19.0 Å². The number of hydrogen-bond donors (Lipinski definition) is 2. The standard InChI is InChI=1S/C13H18IN5O3/c1-2-3-21-8-4-10(22-9(8)5-20)18-7-19(14)11-12(15)16-6-17-13(11)18/h2,6,8-10,20H,1,3-5,7H2,(H2,15,16,17)/t8?,9-,10-/m1/s1. The fourth-order valence-corrected chi connectivity index (χ4v) is 3.54. The lowest BCUT2D eigenvalue weighted by Gasteiger charge is -2.24. The van der Waals surface area contributed by atoms with Gasteiger partial charge >= 0.3 is 0 Å². The van der Waals surface area contributed by atoms with Gasteiger partial charge in [-0.15, -0.1) is 6.58 Å². The van der Waals surface area contributed by atoms with Crippen molar-refractivity contribution in [1.82, 2.24) is 9.97 Å². The van der Waals surface area contributed by atoms with E-state index in [1.807, 2.05) is 8.01 Å². The highest BCUT2D eigenvalue weighted by molar-refractivity contribution is 14.1. The van der Waals surface area contributed by atoms with Gasteiger partial charge in [0.25, 0.3) is 0 Å². The molecule has 2 aliphatic rings. The molecule has 0 aromatic carbocycles. The van der Waals surface area contributed by atoms with Crippen LogP contribution in [0.1, 0.15) is 6.42 Å². The molecule has 3 N–H and O–H groups in total. The van der Waals surface area contributed by atoms with Gasteiger partial charge in [0, 0.05) is 6.42 Å². The molecule has 22 heavy (non-hydrogen) atoms. The van der Waals surface area contributed by atoms with Crippen molar-refractivity contribution in [3.05, 3.63) is 19.0 Å². The fourth-order valence-electron chi connectivity index (χ4n) is 2.75. The first kappa shape index (κ1) is 15.7. The molecule has 0 bridgehead atoms. The van der Waals surface area contributed by atoms with E-state index in [0.717, 1.165) is 11.5 Å². The quantitative estimate of drug-likeness (QED) is 0.409. The summed E-state index contributed by atoms with van der Waals surface area (Å²) in [6, 6.07) is 0. The highest BCUT2D eigenvalue weighted by Crippen LogP contribution is 2.42. The molecule has 0 amide bonds. The molecule has 0 spiro atoms. The summed E-state index contributed by atoms with van der Waals surface area (Å²) in [5.41, 5.74) is 6.72. The predicted octanol–water partition coefficient (Wildman–Crippen LogP) is 0.671. The molecular weight excluding hydrogens is 401 g/mol. The van der Waals surface area contributed by atoms with Crippen molar-refractivity contribution in [2.75, 3.05) is 33.6 Å². The molecule has 0 saturated carbocycles. The van der Waals surface area contributed by atoms with Gasteiger partial charge in [0.1, 0.15) is 31.0 Å². The lowest BCUT2D eigenvalue weighted by atomic mass is 10.2. The summed E-state index contributed by atoms with van der Waals surface area (Å²) in [6.07, 6.45) is 3.04. The summed E-state index contributed by atoms with van der Waals surface area (Å²) in [5, 5.41) is 9.48. The Morgan fingerprint density at radius 1 is 1.59 bits per heavy atom. The Morgan fingerprint density at radius 2 is 2.41 bits per heavy atom. The van der Waals surface area contributed by atoms with Gasteiger partial charge in [-0.2, -0.15) is 0 Å². The minimum Gasteiger partial charge on any atom is -0.394 e. The summed E-state index contributed by atoms with van der Waals surface area (Å²) in [5.74, 6) is 1.19. The molecule has 0 radical (unpaired) electrons. The molecule has 1 unspecified atom stereocenters. The summed E-state index contributed by atoms with van der Waals surface area (Å²) in [4.78, 5) is 10.4. The van der Waals surface area contributed by atoms with Crippen LogP contribution in [0.25, 0.3) is 0 Å². The maximum atomic E-state index is 9.48. The predicted molar refractivity (Wildman–Crippen MR) is 90.6 cm³/mol. The first-order chi connectivity index (χ1) is 10.7. The highest BCUT2D eigenvalue weighted by Gasteiger charge is 2.42. The van der Waals surface area contributed by atoms with E-state index >= 15 is 0 Å². The minimum absolute atomic E-state index is 0.0845.